The van der Waals surface area contributed by atoms with Gasteiger partial charge in [-0.15, -0.1) is 0 Å². The molecule has 0 aromatic heterocycles. The molecular weight excluding hydrogens is 167 g/mol. The van der Waals surface area contributed by atoms with Crippen molar-refractivity contribution in [2.75, 3.05) is 17.2 Å². The van der Waals surface area contributed by atoms with Crippen LogP contribution in [0.4, 0.5) is 15.8 Å². The summed E-state index contributed by atoms with van der Waals surface area (Å²) in [5.74, 6) is -0.190. The quantitative estimate of drug-likeness (QED) is 0.693. The van der Waals surface area contributed by atoms with Crippen molar-refractivity contribution in [1.29, 1.82) is 0 Å². The fourth-order valence-corrected chi connectivity index (χ4v) is 1.54. The van der Waals surface area contributed by atoms with Crippen molar-refractivity contribution in [3.63, 3.8) is 0 Å². The lowest BCUT2D eigenvalue weighted by molar-refractivity contribution is 0.626. The SMILES string of the molecule is CCC1CNc2ccc(F)cc2N1. The van der Waals surface area contributed by atoms with E-state index in [0.717, 1.165) is 24.3 Å². The third-order valence-corrected chi connectivity index (χ3v) is 2.37. The highest BCUT2D eigenvalue weighted by molar-refractivity contribution is 5.71. The van der Waals surface area contributed by atoms with Crippen LogP contribution in [0.15, 0.2) is 18.2 Å². The summed E-state index contributed by atoms with van der Waals surface area (Å²) < 4.78 is 12.9. The van der Waals surface area contributed by atoms with Gasteiger partial charge in [-0.05, 0) is 24.6 Å². The standard InChI is InChI=1S/C10H13FN2/c1-2-8-6-12-9-4-3-7(11)5-10(9)13-8/h3-5,8,12-13H,2,6H2,1H3. The molecule has 1 aliphatic rings. The molecule has 0 spiro atoms. The number of halogens is 1. The van der Waals surface area contributed by atoms with Gasteiger partial charge in [0.15, 0.2) is 0 Å². The first-order valence-corrected chi connectivity index (χ1v) is 4.59. The highest BCUT2D eigenvalue weighted by atomic mass is 19.1. The summed E-state index contributed by atoms with van der Waals surface area (Å²) in [5.41, 5.74) is 1.87. The van der Waals surface area contributed by atoms with Crippen molar-refractivity contribution in [1.82, 2.24) is 0 Å². The molecular formula is C10H13FN2. The minimum absolute atomic E-state index is 0.190. The van der Waals surface area contributed by atoms with Crippen LogP contribution in [0.5, 0.6) is 0 Å². The lowest BCUT2D eigenvalue weighted by atomic mass is 10.1. The zero-order valence-electron chi connectivity index (χ0n) is 7.60. The van der Waals surface area contributed by atoms with Crippen molar-refractivity contribution in [3.05, 3.63) is 24.0 Å². The molecule has 1 aromatic rings. The second kappa shape index (κ2) is 3.24. The monoisotopic (exact) mass is 180 g/mol. The fraction of sp³-hybridized carbons (Fsp3) is 0.400. The maximum atomic E-state index is 12.9. The highest BCUT2D eigenvalue weighted by Crippen LogP contribution is 2.27. The predicted octanol–water partition coefficient (Wildman–Crippen LogP) is 2.44. The number of anilines is 2. The van der Waals surface area contributed by atoms with Gasteiger partial charge in [0.1, 0.15) is 5.82 Å². The zero-order valence-corrected chi connectivity index (χ0v) is 7.60. The van der Waals surface area contributed by atoms with E-state index in [4.69, 9.17) is 0 Å². The molecule has 0 saturated carbocycles. The Bertz CT molecular complexity index is 312. The van der Waals surface area contributed by atoms with E-state index in [0.29, 0.717) is 6.04 Å². The molecule has 3 heteroatoms. The van der Waals surface area contributed by atoms with Crippen LogP contribution in [-0.4, -0.2) is 12.6 Å². The second-order valence-corrected chi connectivity index (χ2v) is 3.32. The van der Waals surface area contributed by atoms with E-state index in [2.05, 4.69) is 17.6 Å². The number of nitrogens with one attached hydrogen (secondary N) is 2. The third kappa shape index (κ3) is 1.59. The van der Waals surface area contributed by atoms with Crippen LogP contribution >= 0.6 is 0 Å². The Morgan fingerprint density at radius 1 is 1.46 bits per heavy atom. The van der Waals surface area contributed by atoms with E-state index in [1.165, 1.54) is 12.1 Å². The van der Waals surface area contributed by atoms with Gasteiger partial charge in [-0.25, -0.2) is 4.39 Å². The summed E-state index contributed by atoms with van der Waals surface area (Å²) in [4.78, 5) is 0. The number of hydrogen-bond donors (Lipinski definition) is 2. The first-order chi connectivity index (χ1) is 6.29. The van der Waals surface area contributed by atoms with Gasteiger partial charge in [-0.3, -0.25) is 0 Å². The molecule has 2 N–H and O–H groups in total. The van der Waals surface area contributed by atoms with Crippen molar-refractivity contribution in [2.45, 2.75) is 19.4 Å². The van der Waals surface area contributed by atoms with Crippen LogP contribution in [0, 0.1) is 5.82 Å². The number of rotatable bonds is 1. The summed E-state index contributed by atoms with van der Waals surface area (Å²) in [6, 6.07) is 5.18. The van der Waals surface area contributed by atoms with Gasteiger partial charge in [0.25, 0.3) is 0 Å². The zero-order chi connectivity index (χ0) is 9.26. The molecule has 13 heavy (non-hydrogen) atoms. The molecule has 70 valence electrons. The van der Waals surface area contributed by atoms with E-state index in [1.54, 1.807) is 6.07 Å². The van der Waals surface area contributed by atoms with Gasteiger partial charge < -0.3 is 10.6 Å². The number of fused-ring (bicyclic) bond motifs is 1. The molecule has 0 amide bonds. The van der Waals surface area contributed by atoms with Crippen molar-refractivity contribution >= 4 is 11.4 Å². The summed E-state index contributed by atoms with van der Waals surface area (Å²) >= 11 is 0. The van der Waals surface area contributed by atoms with Crippen LogP contribution in [-0.2, 0) is 0 Å². The van der Waals surface area contributed by atoms with Crippen LogP contribution in [0.1, 0.15) is 13.3 Å². The van der Waals surface area contributed by atoms with E-state index in [-0.39, 0.29) is 5.82 Å². The lowest BCUT2D eigenvalue weighted by Gasteiger charge is -2.27. The Morgan fingerprint density at radius 3 is 3.08 bits per heavy atom. The Hall–Kier alpha value is -1.25. The topological polar surface area (TPSA) is 24.1 Å². The molecule has 0 saturated heterocycles. The first-order valence-electron chi connectivity index (χ1n) is 4.59. The van der Waals surface area contributed by atoms with Gasteiger partial charge in [-0.1, -0.05) is 6.92 Å². The Labute approximate surface area is 77.2 Å². The molecule has 1 aromatic carbocycles. The Morgan fingerprint density at radius 2 is 2.31 bits per heavy atom. The van der Waals surface area contributed by atoms with E-state index < -0.39 is 0 Å². The largest absolute Gasteiger partial charge is 0.381 e. The molecule has 2 rings (SSSR count). The average molecular weight is 180 g/mol. The maximum absolute atomic E-state index is 12.9. The van der Waals surface area contributed by atoms with Crippen molar-refractivity contribution < 1.29 is 4.39 Å². The van der Waals surface area contributed by atoms with Crippen molar-refractivity contribution in [2.24, 2.45) is 0 Å². The fourth-order valence-electron chi connectivity index (χ4n) is 1.54. The maximum Gasteiger partial charge on any atom is 0.125 e. The third-order valence-electron chi connectivity index (χ3n) is 2.37. The normalized spacial score (nSPS) is 20.0. The smallest absolute Gasteiger partial charge is 0.125 e. The molecule has 0 fully saturated rings. The molecule has 1 unspecified atom stereocenters. The highest BCUT2D eigenvalue weighted by Gasteiger charge is 2.15. The molecule has 0 radical (unpaired) electrons. The summed E-state index contributed by atoms with van der Waals surface area (Å²) in [6.45, 7) is 3.03. The summed E-state index contributed by atoms with van der Waals surface area (Å²) in [7, 11) is 0. The minimum atomic E-state index is -0.190. The van der Waals surface area contributed by atoms with Crippen LogP contribution < -0.4 is 10.6 Å². The van der Waals surface area contributed by atoms with E-state index in [1.807, 2.05) is 0 Å². The number of benzene rings is 1. The van der Waals surface area contributed by atoms with Gasteiger partial charge in [-0.2, -0.15) is 0 Å². The summed E-state index contributed by atoms with van der Waals surface area (Å²) in [6.07, 6.45) is 1.04. The van der Waals surface area contributed by atoms with Gasteiger partial charge >= 0.3 is 0 Å². The molecule has 0 bridgehead atoms. The minimum Gasteiger partial charge on any atom is -0.381 e. The van der Waals surface area contributed by atoms with Crippen LogP contribution in [0.25, 0.3) is 0 Å². The van der Waals surface area contributed by atoms with Crippen molar-refractivity contribution in [3.8, 4) is 0 Å². The Balaban J connectivity index is 2.27. The average Bonchev–Trinajstić information content (AvgIpc) is 2.16. The van der Waals surface area contributed by atoms with E-state index >= 15 is 0 Å². The van der Waals surface area contributed by atoms with Gasteiger partial charge in [0.2, 0.25) is 0 Å². The van der Waals surface area contributed by atoms with Crippen LogP contribution in [0.2, 0.25) is 0 Å². The molecule has 0 aliphatic carbocycles. The lowest BCUT2D eigenvalue weighted by Crippen LogP contribution is -2.32. The Kier molecular flexibility index (Phi) is 2.08. The number of hydrogen-bond acceptors (Lipinski definition) is 2. The molecule has 1 heterocycles. The first kappa shape index (κ1) is 8.35. The van der Waals surface area contributed by atoms with Gasteiger partial charge in [0, 0.05) is 12.6 Å². The van der Waals surface area contributed by atoms with Crippen LogP contribution in [0.3, 0.4) is 0 Å². The molecule has 2 nitrogen and oxygen atoms in total. The molecule has 1 aliphatic heterocycles. The predicted molar refractivity (Wildman–Crippen MR) is 52.6 cm³/mol. The van der Waals surface area contributed by atoms with E-state index in [9.17, 15) is 4.39 Å². The summed E-state index contributed by atoms with van der Waals surface area (Å²) in [5, 5.41) is 6.55. The van der Waals surface area contributed by atoms with Gasteiger partial charge in [0.05, 0.1) is 11.4 Å². The molecule has 1 atom stereocenters. The second-order valence-electron chi connectivity index (χ2n) is 3.32.